The number of nitrogens with zero attached hydrogens (tertiary/aromatic N) is 1. The average Bonchev–Trinajstić information content (AvgIpc) is 2.98. The number of para-hydroxylation sites is 1. The van der Waals surface area contributed by atoms with Crippen molar-refractivity contribution in [2.75, 3.05) is 0 Å². The van der Waals surface area contributed by atoms with Crippen LogP contribution in [-0.4, -0.2) is 23.2 Å². The topological polar surface area (TPSA) is 88.0 Å². The minimum Gasteiger partial charge on any atom is -0.422 e. The molecule has 0 saturated heterocycles. The monoisotopic (exact) mass is 500 g/mol. The van der Waals surface area contributed by atoms with Crippen LogP contribution in [0.4, 0.5) is 0 Å². The standard InChI is InChI=1S/C32H24N2O4/c35-30(28-20-11-14-23-12-7-9-19-27(23)28)38-29-21-10-8-13-24(29)22-33-34-31(36)32(37,25-15-3-1-4-16-25)26-17-5-2-6-18-26/h1-22,37H,(H,34,36)/b33-22-. The Morgan fingerprint density at radius 2 is 1.29 bits per heavy atom. The highest BCUT2D eigenvalue weighted by Crippen LogP contribution is 2.30. The van der Waals surface area contributed by atoms with Crippen LogP contribution in [0.2, 0.25) is 0 Å². The number of aliphatic hydroxyl groups is 1. The van der Waals surface area contributed by atoms with Crippen LogP contribution in [0.25, 0.3) is 10.8 Å². The molecule has 0 unspecified atom stereocenters. The second-order valence-corrected chi connectivity index (χ2v) is 8.60. The summed E-state index contributed by atoms with van der Waals surface area (Å²) in [6.45, 7) is 0. The molecule has 0 aliphatic carbocycles. The summed E-state index contributed by atoms with van der Waals surface area (Å²) >= 11 is 0. The first-order chi connectivity index (χ1) is 18.6. The largest absolute Gasteiger partial charge is 0.422 e. The second kappa shape index (κ2) is 10.9. The van der Waals surface area contributed by atoms with E-state index in [-0.39, 0.29) is 5.75 Å². The molecule has 1 amide bonds. The van der Waals surface area contributed by atoms with Gasteiger partial charge in [-0.1, -0.05) is 109 Å². The average molecular weight is 501 g/mol. The Morgan fingerprint density at radius 3 is 2.00 bits per heavy atom. The number of nitrogens with one attached hydrogen (secondary N) is 1. The van der Waals surface area contributed by atoms with E-state index < -0.39 is 17.5 Å². The molecule has 2 N–H and O–H groups in total. The summed E-state index contributed by atoms with van der Waals surface area (Å²) in [5, 5.41) is 17.3. The van der Waals surface area contributed by atoms with Crippen LogP contribution >= 0.6 is 0 Å². The van der Waals surface area contributed by atoms with Gasteiger partial charge in [0.05, 0.1) is 11.8 Å². The molecule has 5 rings (SSSR count). The van der Waals surface area contributed by atoms with Gasteiger partial charge in [-0.05, 0) is 40.1 Å². The number of hydrogen-bond acceptors (Lipinski definition) is 5. The van der Waals surface area contributed by atoms with Crippen molar-refractivity contribution in [2.45, 2.75) is 5.60 Å². The molecule has 0 aliphatic heterocycles. The van der Waals surface area contributed by atoms with Crippen LogP contribution in [0, 0.1) is 0 Å². The van der Waals surface area contributed by atoms with Crippen molar-refractivity contribution in [3.8, 4) is 5.75 Å². The van der Waals surface area contributed by atoms with Crippen molar-refractivity contribution in [3.63, 3.8) is 0 Å². The molecule has 38 heavy (non-hydrogen) atoms. The fraction of sp³-hybridized carbons (Fsp3) is 0.0312. The molecule has 0 atom stereocenters. The summed E-state index contributed by atoms with van der Waals surface area (Å²) in [6.07, 6.45) is 1.38. The zero-order chi connectivity index (χ0) is 26.4. The predicted octanol–water partition coefficient (Wildman–Crippen LogP) is 5.45. The van der Waals surface area contributed by atoms with Crippen LogP contribution in [0.15, 0.2) is 132 Å². The number of benzene rings is 5. The van der Waals surface area contributed by atoms with Crippen molar-refractivity contribution in [2.24, 2.45) is 5.10 Å². The van der Waals surface area contributed by atoms with E-state index in [1.807, 2.05) is 36.4 Å². The van der Waals surface area contributed by atoms with E-state index >= 15 is 0 Å². The molecule has 0 fully saturated rings. The normalized spacial score (nSPS) is 11.4. The van der Waals surface area contributed by atoms with Crippen LogP contribution in [0.3, 0.4) is 0 Å². The third-order valence-electron chi connectivity index (χ3n) is 6.21. The molecule has 0 bridgehead atoms. The molecular weight excluding hydrogens is 476 g/mol. The van der Waals surface area contributed by atoms with Gasteiger partial charge < -0.3 is 9.84 Å². The molecule has 5 aromatic rings. The molecular formula is C32H24N2O4. The minimum absolute atomic E-state index is 0.282. The Kier molecular flexibility index (Phi) is 7.06. The molecule has 0 aliphatic rings. The summed E-state index contributed by atoms with van der Waals surface area (Å²) in [4.78, 5) is 26.3. The van der Waals surface area contributed by atoms with Gasteiger partial charge in [0.15, 0.2) is 5.60 Å². The van der Waals surface area contributed by atoms with Gasteiger partial charge in [0.1, 0.15) is 5.75 Å². The van der Waals surface area contributed by atoms with Crippen LogP contribution in [0.5, 0.6) is 5.75 Å². The molecule has 0 aromatic heterocycles. The molecule has 0 radical (unpaired) electrons. The molecule has 0 heterocycles. The maximum atomic E-state index is 13.3. The van der Waals surface area contributed by atoms with E-state index in [0.29, 0.717) is 22.3 Å². The molecule has 5 aromatic carbocycles. The Morgan fingerprint density at radius 1 is 0.711 bits per heavy atom. The van der Waals surface area contributed by atoms with E-state index in [0.717, 1.165) is 10.8 Å². The van der Waals surface area contributed by atoms with Crippen molar-refractivity contribution in [3.05, 3.63) is 150 Å². The first-order valence-electron chi connectivity index (χ1n) is 12.0. The lowest BCUT2D eigenvalue weighted by Gasteiger charge is -2.27. The van der Waals surface area contributed by atoms with Gasteiger partial charge in [-0.25, -0.2) is 10.2 Å². The molecule has 0 saturated carbocycles. The summed E-state index contributed by atoms with van der Waals surface area (Å²) in [6, 6.07) is 37.2. The number of hydrazone groups is 1. The molecule has 6 nitrogen and oxygen atoms in total. The number of carbonyl (C=O) groups is 2. The van der Waals surface area contributed by atoms with E-state index in [2.05, 4.69) is 10.5 Å². The van der Waals surface area contributed by atoms with Crippen molar-refractivity contribution in [1.29, 1.82) is 0 Å². The number of hydrogen-bond donors (Lipinski definition) is 2. The summed E-state index contributed by atoms with van der Waals surface area (Å²) < 4.78 is 5.71. The smallest absolute Gasteiger partial charge is 0.344 e. The second-order valence-electron chi connectivity index (χ2n) is 8.60. The first-order valence-corrected chi connectivity index (χ1v) is 12.0. The molecule has 186 valence electrons. The third-order valence-corrected chi connectivity index (χ3v) is 6.21. The van der Waals surface area contributed by atoms with Gasteiger partial charge in [-0.15, -0.1) is 0 Å². The van der Waals surface area contributed by atoms with Crippen LogP contribution in [0.1, 0.15) is 27.0 Å². The number of fused-ring (bicyclic) bond motifs is 1. The summed E-state index contributed by atoms with van der Waals surface area (Å²) in [5.41, 5.74) is 2.22. The third kappa shape index (κ3) is 4.93. The highest BCUT2D eigenvalue weighted by Gasteiger charge is 2.39. The van der Waals surface area contributed by atoms with Gasteiger partial charge in [-0.2, -0.15) is 5.10 Å². The van der Waals surface area contributed by atoms with E-state index in [4.69, 9.17) is 4.74 Å². The minimum atomic E-state index is -1.96. The van der Waals surface area contributed by atoms with Crippen molar-refractivity contribution in [1.82, 2.24) is 5.43 Å². The van der Waals surface area contributed by atoms with E-state index in [1.54, 1.807) is 91.0 Å². The molecule has 0 spiro atoms. The van der Waals surface area contributed by atoms with Gasteiger partial charge >= 0.3 is 5.97 Å². The predicted molar refractivity (Wildman–Crippen MR) is 147 cm³/mol. The van der Waals surface area contributed by atoms with Gasteiger partial charge in [0.2, 0.25) is 0 Å². The first kappa shape index (κ1) is 24.6. The Bertz CT molecular complexity index is 1570. The van der Waals surface area contributed by atoms with Crippen LogP contribution in [-0.2, 0) is 10.4 Å². The number of esters is 1. The van der Waals surface area contributed by atoms with Gasteiger partial charge in [-0.3, -0.25) is 4.79 Å². The Balaban J connectivity index is 1.38. The fourth-order valence-electron chi connectivity index (χ4n) is 4.27. The van der Waals surface area contributed by atoms with Crippen LogP contribution < -0.4 is 10.2 Å². The summed E-state index contributed by atoms with van der Waals surface area (Å²) in [7, 11) is 0. The Labute approximate surface area is 219 Å². The number of carbonyl (C=O) groups excluding carboxylic acids is 2. The SMILES string of the molecule is O=C(Oc1ccccc1/C=N\NC(=O)C(O)(c1ccccc1)c1ccccc1)c1cccc2ccccc12. The maximum Gasteiger partial charge on any atom is 0.344 e. The van der Waals surface area contributed by atoms with Crippen molar-refractivity contribution >= 4 is 28.9 Å². The number of amides is 1. The number of rotatable bonds is 7. The zero-order valence-corrected chi connectivity index (χ0v) is 20.3. The van der Waals surface area contributed by atoms with E-state index in [1.165, 1.54) is 6.21 Å². The lowest BCUT2D eigenvalue weighted by atomic mass is 9.85. The highest BCUT2D eigenvalue weighted by molar-refractivity contribution is 6.05. The quantitative estimate of drug-likeness (QED) is 0.135. The van der Waals surface area contributed by atoms with Gasteiger partial charge in [0, 0.05) is 5.56 Å². The maximum absolute atomic E-state index is 13.3. The van der Waals surface area contributed by atoms with E-state index in [9.17, 15) is 14.7 Å². The number of ether oxygens (including phenoxy) is 1. The van der Waals surface area contributed by atoms with Crippen molar-refractivity contribution < 1.29 is 19.4 Å². The highest BCUT2D eigenvalue weighted by atomic mass is 16.5. The lowest BCUT2D eigenvalue weighted by molar-refractivity contribution is -0.136. The van der Waals surface area contributed by atoms with Gasteiger partial charge in [0.25, 0.3) is 5.91 Å². The summed E-state index contributed by atoms with van der Waals surface area (Å²) in [5.74, 6) is -0.949. The molecule has 6 heteroatoms. The lowest BCUT2D eigenvalue weighted by Crippen LogP contribution is -2.43. The zero-order valence-electron chi connectivity index (χ0n) is 20.3. The Hall–Kier alpha value is -5.07. The fourth-order valence-corrected chi connectivity index (χ4v) is 4.27.